The number of amides is 1. The van der Waals surface area contributed by atoms with Crippen molar-refractivity contribution in [2.24, 2.45) is 11.7 Å². The third-order valence-electron chi connectivity index (χ3n) is 3.21. The Balaban J connectivity index is 2.82. The van der Waals surface area contributed by atoms with Crippen molar-refractivity contribution in [1.82, 2.24) is 4.90 Å². The van der Waals surface area contributed by atoms with Crippen molar-refractivity contribution in [2.75, 3.05) is 13.1 Å². The highest BCUT2D eigenvalue weighted by Gasteiger charge is 2.37. The Hall–Kier alpha value is -1.30. The number of nitrogens with two attached hydrogens (primary N) is 1. The first-order valence-electron chi connectivity index (χ1n) is 6.68. The van der Waals surface area contributed by atoms with Gasteiger partial charge in [0.15, 0.2) is 0 Å². The lowest BCUT2D eigenvalue weighted by Crippen LogP contribution is -2.52. The van der Waals surface area contributed by atoms with Gasteiger partial charge in [0.25, 0.3) is 0 Å². The van der Waals surface area contributed by atoms with Crippen LogP contribution in [0, 0.1) is 5.92 Å². The van der Waals surface area contributed by atoms with Gasteiger partial charge in [0.1, 0.15) is 5.60 Å². The highest BCUT2D eigenvalue weighted by atomic mass is 16.6. The molecule has 0 aromatic rings. The van der Waals surface area contributed by atoms with Crippen LogP contribution in [-0.2, 0) is 9.53 Å². The SMILES string of the molecule is CC(C)(C)OC(=O)N1CCCCC1C(CN)C(=O)O. The Labute approximate surface area is 113 Å². The molecule has 0 spiro atoms. The molecule has 1 amide bonds. The van der Waals surface area contributed by atoms with Crippen LogP contribution in [0.25, 0.3) is 0 Å². The van der Waals surface area contributed by atoms with Gasteiger partial charge in [-0.15, -0.1) is 0 Å². The zero-order chi connectivity index (χ0) is 14.6. The Morgan fingerprint density at radius 2 is 2.05 bits per heavy atom. The van der Waals surface area contributed by atoms with Gasteiger partial charge >= 0.3 is 12.1 Å². The molecular formula is C13H24N2O4. The fourth-order valence-corrected chi connectivity index (χ4v) is 2.35. The van der Waals surface area contributed by atoms with E-state index in [-0.39, 0.29) is 12.6 Å². The van der Waals surface area contributed by atoms with E-state index < -0.39 is 23.6 Å². The summed E-state index contributed by atoms with van der Waals surface area (Å²) in [6, 6.07) is -0.369. The number of ether oxygens (including phenoxy) is 1. The second kappa shape index (κ2) is 6.23. The standard InChI is InChI=1S/C13H24N2O4/c1-13(2,3)19-12(18)15-7-5-4-6-10(15)9(8-14)11(16)17/h9-10H,4-8,14H2,1-3H3,(H,16,17). The maximum Gasteiger partial charge on any atom is 0.410 e. The molecule has 0 aromatic heterocycles. The molecule has 1 aliphatic rings. The predicted octanol–water partition coefficient (Wildman–Crippen LogP) is 1.44. The molecule has 2 unspecified atom stereocenters. The molecule has 0 radical (unpaired) electrons. The number of carboxylic acid groups (broad SMARTS) is 1. The summed E-state index contributed by atoms with van der Waals surface area (Å²) in [6.45, 7) is 5.94. The fraction of sp³-hybridized carbons (Fsp3) is 0.846. The average molecular weight is 272 g/mol. The molecule has 6 nitrogen and oxygen atoms in total. The lowest BCUT2D eigenvalue weighted by atomic mass is 9.90. The zero-order valence-electron chi connectivity index (χ0n) is 11.9. The molecule has 0 bridgehead atoms. The number of carbonyl (C=O) groups is 2. The van der Waals surface area contributed by atoms with Crippen molar-refractivity contribution in [3.05, 3.63) is 0 Å². The number of hydrogen-bond acceptors (Lipinski definition) is 4. The van der Waals surface area contributed by atoms with E-state index in [1.165, 1.54) is 4.90 Å². The van der Waals surface area contributed by atoms with Crippen LogP contribution in [0.3, 0.4) is 0 Å². The summed E-state index contributed by atoms with van der Waals surface area (Å²) in [6.07, 6.45) is 1.99. The number of aliphatic carboxylic acids is 1. The van der Waals surface area contributed by atoms with E-state index in [0.717, 1.165) is 12.8 Å². The summed E-state index contributed by atoms with van der Waals surface area (Å²) in [5, 5.41) is 9.20. The summed E-state index contributed by atoms with van der Waals surface area (Å²) >= 11 is 0. The molecule has 2 atom stereocenters. The van der Waals surface area contributed by atoms with E-state index in [4.69, 9.17) is 10.5 Å². The molecule has 1 rings (SSSR count). The minimum atomic E-state index is -0.956. The molecule has 0 aromatic carbocycles. The minimum Gasteiger partial charge on any atom is -0.481 e. The molecule has 0 saturated carbocycles. The first-order valence-corrected chi connectivity index (χ1v) is 6.68. The highest BCUT2D eigenvalue weighted by Crippen LogP contribution is 2.25. The number of likely N-dealkylation sites (tertiary alicyclic amines) is 1. The first-order chi connectivity index (χ1) is 8.76. The smallest absolute Gasteiger partial charge is 0.410 e. The topological polar surface area (TPSA) is 92.9 Å². The van der Waals surface area contributed by atoms with Gasteiger partial charge in [-0.05, 0) is 40.0 Å². The Bertz CT molecular complexity index is 338. The number of carbonyl (C=O) groups excluding carboxylic acids is 1. The molecule has 6 heteroatoms. The van der Waals surface area contributed by atoms with E-state index in [1.54, 1.807) is 20.8 Å². The van der Waals surface area contributed by atoms with Gasteiger partial charge in [0.2, 0.25) is 0 Å². The Morgan fingerprint density at radius 3 is 2.53 bits per heavy atom. The van der Waals surface area contributed by atoms with Gasteiger partial charge in [-0.2, -0.15) is 0 Å². The van der Waals surface area contributed by atoms with Crippen LogP contribution in [0.1, 0.15) is 40.0 Å². The summed E-state index contributed by atoms with van der Waals surface area (Å²) in [7, 11) is 0. The van der Waals surface area contributed by atoms with E-state index in [0.29, 0.717) is 13.0 Å². The summed E-state index contributed by atoms with van der Waals surface area (Å²) in [5.41, 5.74) is 4.95. The van der Waals surface area contributed by atoms with Gasteiger partial charge in [0.05, 0.1) is 5.92 Å². The van der Waals surface area contributed by atoms with Crippen LogP contribution >= 0.6 is 0 Å². The van der Waals surface area contributed by atoms with E-state index in [9.17, 15) is 14.7 Å². The normalized spacial score (nSPS) is 21.9. The lowest BCUT2D eigenvalue weighted by Gasteiger charge is -2.39. The van der Waals surface area contributed by atoms with Gasteiger partial charge in [-0.25, -0.2) is 4.79 Å². The molecule has 3 N–H and O–H groups in total. The van der Waals surface area contributed by atoms with Crippen molar-refractivity contribution in [1.29, 1.82) is 0 Å². The van der Waals surface area contributed by atoms with Crippen molar-refractivity contribution >= 4 is 12.1 Å². The molecule has 1 fully saturated rings. The second-order valence-electron chi connectivity index (χ2n) is 5.92. The molecule has 19 heavy (non-hydrogen) atoms. The number of hydrogen-bond donors (Lipinski definition) is 2. The summed E-state index contributed by atoms with van der Waals surface area (Å²) in [4.78, 5) is 24.9. The van der Waals surface area contributed by atoms with Gasteiger partial charge in [-0.3, -0.25) is 4.79 Å². The molecule has 1 saturated heterocycles. The summed E-state index contributed by atoms with van der Waals surface area (Å²) < 4.78 is 5.34. The average Bonchev–Trinajstić information content (AvgIpc) is 2.27. The molecular weight excluding hydrogens is 248 g/mol. The monoisotopic (exact) mass is 272 g/mol. The van der Waals surface area contributed by atoms with Crippen molar-refractivity contribution in [2.45, 2.75) is 51.7 Å². The number of piperidine rings is 1. The zero-order valence-corrected chi connectivity index (χ0v) is 11.9. The maximum atomic E-state index is 12.1. The van der Waals surface area contributed by atoms with Crippen molar-refractivity contribution in [3.63, 3.8) is 0 Å². The van der Waals surface area contributed by atoms with E-state index in [1.807, 2.05) is 0 Å². The molecule has 110 valence electrons. The first kappa shape index (κ1) is 15.8. The third-order valence-corrected chi connectivity index (χ3v) is 3.21. The van der Waals surface area contributed by atoms with Gasteiger partial charge < -0.3 is 20.5 Å². The van der Waals surface area contributed by atoms with Gasteiger partial charge in [0, 0.05) is 19.1 Å². The van der Waals surface area contributed by atoms with Crippen LogP contribution in [-0.4, -0.2) is 46.8 Å². The highest BCUT2D eigenvalue weighted by molar-refractivity contribution is 5.74. The number of rotatable bonds is 3. The quantitative estimate of drug-likeness (QED) is 0.810. The number of nitrogens with zero attached hydrogens (tertiary/aromatic N) is 1. The van der Waals surface area contributed by atoms with Crippen molar-refractivity contribution in [3.8, 4) is 0 Å². The van der Waals surface area contributed by atoms with Crippen molar-refractivity contribution < 1.29 is 19.4 Å². The minimum absolute atomic E-state index is 0.0271. The molecule has 0 aliphatic carbocycles. The Kier molecular flexibility index (Phi) is 5.17. The fourth-order valence-electron chi connectivity index (χ4n) is 2.35. The largest absolute Gasteiger partial charge is 0.481 e. The third kappa shape index (κ3) is 4.38. The molecule has 1 aliphatic heterocycles. The van der Waals surface area contributed by atoms with E-state index >= 15 is 0 Å². The lowest BCUT2D eigenvalue weighted by molar-refractivity contribution is -0.144. The Morgan fingerprint density at radius 1 is 1.42 bits per heavy atom. The van der Waals surface area contributed by atoms with E-state index in [2.05, 4.69) is 0 Å². The predicted molar refractivity (Wildman–Crippen MR) is 70.8 cm³/mol. The molecule has 1 heterocycles. The maximum absolute atomic E-state index is 12.1. The van der Waals surface area contributed by atoms with Crippen LogP contribution < -0.4 is 5.73 Å². The van der Waals surface area contributed by atoms with Crippen LogP contribution in [0.4, 0.5) is 4.79 Å². The van der Waals surface area contributed by atoms with Gasteiger partial charge in [-0.1, -0.05) is 0 Å². The van der Waals surface area contributed by atoms with Crippen LogP contribution in [0.2, 0.25) is 0 Å². The van der Waals surface area contributed by atoms with Crippen LogP contribution in [0.15, 0.2) is 0 Å². The van der Waals surface area contributed by atoms with Crippen LogP contribution in [0.5, 0.6) is 0 Å². The summed E-state index contributed by atoms with van der Waals surface area (Å²) in [5.74, 6) is -1.68. The second-order valence-corrected chi connectivity index (χ2v) is 5.92. The number of carboxylic acids is 1.